The Morgan fingerprint density at radius 1 is 0.375 bits per heavy atom. The van der Waals surface area contributed by atoms with E-state index >= 15 is 0 Å². The fourth-order valence-electron chi connectivity index (χ4n) is 6.44. The number of benzene rings is 7. The molecule has 0 aliphatic carbocycles. The Morgan fingerprint density at radius 2 is 1.10 bits per heavy atom. The molecule has 186 valence electrons. The first-order valence-electron chi connectivity index (χ1n) is 13.6. The molecule has 2 nitrogen and oxygen atoms in total. The van der Waals surface area contributed by atoms with E-state index in [9.17, 15) is 0 Å². The normalized spacial score (nSPS) is 12.2. The molecule has 2 heterocycles. The fraction of sp³-hybridized carbons (Fsp3) is 0. The van der Waals surface area contributed by atoms with Crippen LogP contribution in [0.15, 0.2) is 138 Å². The van der Waals surface area contributed by atoms with Crippen molar-refractivity contribution in [2.75, 3.05) is 0 Å². The molecule has 8 aromatic rings. The summed E-state index contributed by atoms with van der Waals surface area (Å²) in [5.41, 5.74) is 8.89. The van der Waals surface area contributed by atoms with Gasteiger partial charge in [-0.3, -0.25) is 0 Å². The van der Waals surface area contributed by atoms with Crippen LogP contribution in [0, 0.1) is 0 Å². The van der Waals surface area contributed by atoms with Gasteiger partial charge >= 0.3 is 0 Å². The third-order valence-electron chi connectivity index (χ3n) is 8.25. The molecule has 1 aromatic heterocycles. The minimum Gasteiger partial charge on any atom is -0.456 e. The SMILES string of the molecule is c1cc(-c2ccc3c4c(cccc24)-c2ccccc2O3)cc(-c2cccc3oc4cc5ccccc5cc4c23)c1. The Bertz CT molecular complexity index is 2300. The van der Waals surface area contributed by atoms with E-state index in [0.717, 1.165) is 39.0 Å². The summed E-state index contributed by atoms with van der Waals surface area (Å²) >= 11 is 0. The second kappa shape index (κ2) is 8.08. The molecule has 0 fully saturated rings. The van der Waals surface area contributed by atoms with E-state index in [1.54, 1.807) is 0 Å². The van der Waals surface area contributed by atoms with Gasteiger partial charge in [0, 0.05) is 21.7 Å². The maximum Gasteiger partial charge on any atom is 0.136 e. The number of furan rings is 1. The first kappa shape index (κ1) is 21.6. The van der Waals surface area contributed by atoms with E-state index in [1.807, 2.05) is 12.1 Å². The molecule has 0 spiro atoms. The van der Waals surface area contributed by atoms with E-state index in [4.69, 9.17) is 9.15 Å². The van der Waals surface area contributed by atoms with Gasteiger partial charge in [0.2, 0.25) is 0 Å². The van der Waals surface area contributed by atoms with Crippen LogP contribution in [0.2, 0.25) is 0 Å². The number of fused-ring (bicyclic) bond motifs is 6. The van der Waals surface area contributed by atoms with Gasteiger partial charge < -0.3 is 9.15 Å². The summed E-state index contributed by atoms with van der Waals surface area (Å²) in [5, 5.41) is 7.06. The molecule has 0 N–H and O–H groups in total. The Kier molecular flexibility index (Phi) is 4.36. The Morgan fingerprint density at radius 3 is 2.02 bits per heavy atom. The number of para-hydroxylation sites is 1. The van der Waals surface area contributed by atoms with Gasteiger partial charge in [-0.05, 0) is 80.4 Å². The van der Waals surface area contributed by atoms with Gasteiger partial charge in [0.1, 0.15) is 22.7 Å². The maximum absolute atomic E-state index is 6.36. The average Bonchev–Trinajstić information content (AvgIpc) is 3.38. The summed E-state index contributed by atoms with van der Waals surface area (Å²) < 4.78 is 12.7. The fourth-order valence-corrected chi connectivity index (χ4v) is 6.44. The molecular formula is C38H22O2. The van der Waals surface area contributed by atoms with Crippen molar-refractivity contribution in [1.29, 1.82) is 0 Å². The third-order valence-corrected chi connectivity index (χ3v) is 8.25. The molecular weight excluding hydrogens is 488 g/mol. The van der Waals surface area contributed by atoms with E-state index in [1.165, 1.54) is 49.4 Å². The standard InChI is InChI=1S/C38H22O2/c1-2-9-24-22-36-32(21-23(24)8-1)37-28(13-7-17-34(37)40-36)26-11-5-10-25(20-26)27-18-19-35-38-30(27)14-6-15-31(38)29-12-3-4-16-33(29)39-35/h1-22H. The van der Waals surface area contributed by atoms with Crippen molar-refractivity contribution in [3.63, 3.8) is 0 Å². The van der Waals surface area contributed by atoms with Gasteiger partial charge in [0.25, 0.3) is 0 Å². The van der Waals surface area contributed by atoms with E-state index in [0.29, 0.717) is 0 Å². The number of ether oxygens (including phenoxy) is 1. The highest BCUT2D eigenvalue weighted by Gasteiger charge is 2.21. The summed E-state index contributed by atoms with van der Waals surface area (Å²) in [4.78, 5) is 0. The molecule has 0 saturated carbocycles. The zero-order valence-corrected chi connectivity index (χ0v) is 21.5. The zero-order valence-electron chi connectivity index (χ0n) is 21.5. The van der Waals surface area contributed by atoms with Crippen LogP contribution in [0.5, 0.6) is 11.5 Å². The lowest BCUT2D eigenvalue weighted by Gasteiger charge is -2.22. The molecule has 0 bridgehead atoms. The quantitative estimate of drug-likeness (QED) is 0.231. The molecule has 1 aliphatic heterocycles. The molecule has 2 heteroatoms. The number of rotatable bonds is 2. The van der Waals surface area contributed by atoms with Crippen molar-refractivity contribution < 1.29 is 9.15 Å². The maximum atomic E-state index is 6.36. The van der Waals surface area contributed by atoms with Crippen molar-refractivity contribution in [1.82, 2.24) is 0 Å². The van der Waals surface area contributed by atoms with Crippen LogP contribution >= 0.6 is 0 Å². The number of hydrogen-bond donors (Lipinski definition) is 0. The first-order valence-corrected chi connectivity index (χ1v) is 13.6. The summed E-state index contributed by atoms with van der Waals surface area (Å²) in [6.07, 6.45) is 0. The predicted molar refractivity (Wildman–Crippen MR) is 165 cm³/mol. The smallest absolute Gasteiger partial charge is 0.136 e. The van der Waals surface area contributed by atoms with Crippen LogP contribution in [-0.4, -0.2) is 0 Å². The van der Waals surface area contributed by atoms with Crippen molar-refractivity contribution in [3.05, 3.63) is 133 Å². The second-order valence-electron chi connectivity index (χ2n) is 10.5. The highest BCUT2D eigenvalue weighted by molar-refractivity contribution is 6.16. The lowest BCUT2D eigenvalue weighted by molar-refractivity contribution is 0.487. The van der Waals surface area contributed by atoms with Gasteiger partial charge in [-0.25, -0.2) is 0 Å². The van der Waals surface area contributed by atoms with Gasteiger partial charge in [-0.2, -0.15) is 0 Å². The molecule has 0 atom stereocenters. The minimum absolute atomic E-state index is 0.908. The summed E-state index contributed by atoms with van der Waals surface area (Å²) in [7, 11) is 0. The molecule has 7 aromatic carbocycles. The summed E-state index contributed by atoms with van der Waals surface area (Å²) in [5.74, 6) is 1.82. The van der Waals surface area contributed by atoms with Gasteiger partial charge in [-0.1, -0.05) is 97.1 Å². The predicted octanol–water partition coefficient (Wildman–Crippen LogP) is 11.0. The van der Waals surface area contributed by atoms with Crippen LogP contribution < -0.4 is 4.74 Å². The lowest BCUT2D eigenvalue weighted by Crippen LogP contribution is -1.97. The van der Waals surface area contributed by atoms with E-state index in [2.05, 4.69) is 121 Å². The molecule has 0 unspecified atom stereocenters. The largest absolute Gasteiger partial charge is 0.456 e. The van der Waals surface area contributed by atoms with E-state index in [-0.39, 0.29) is 0 Å². The van der Waals surface area contributed by atoms with Crippen LogP contribution in [0.3, 0.4) is 0 Å². The topological polar surface area (TPSA) is 22.4 Å². The average molecular weight is 511 g/mol. The van der Waals surface area contributed by atoms with Gasteiger partial charge in [-0.15, -0.1) is 0 Å². The van der Waals surface area contributed by atoms with Crippen molar-refractivity contribution in [3.8, 4) is 44.9 Å². The summed E-state index contributed by atoms with van der Waals surface area (Å²) in [6.45, 7) is 0. The molecule has 0 radical (unpaired) electrons. The monoisotopic (exact) mass is 510 g/mol. The Balaban J connectivity index is 1.25. The molecule has 1 aliphatic rings. The molecule has 0 saturated heterocycles. The second-order valence-corrected chi connectivity index (χ2v) is 10.5. The van der Waals surface area contributed by atoms with Crippen molar-refractivity contribution in [2.24, 2.45) is 0 Å². The van der Waals surface area contributed by atoms with Crippen LogP contribution in [0.4, 0.5) is 0 Å². The van der Waals surface area contributed by atoms with Crippen LogP contribution in [-0.2, 0) is 0 Å². The summed E-state index contributed by atoms with van der Waals surface area (Å²) in [6, 6.07) is 47.2. The van der Waals surface area contributed by atoms with E-state index < -0.39 is 0 Å². The lowest BCUT2D eigenvalue weighted by atomic mass is 9.89. The molecule has 0 amide bonds. The van der Waals surface area contributed by atoms with Crippen molar-refractivity contribution in [2.45, 2.75) is 0 Å². The highest BCUT2D eigenvalue weighted by Crippen LogP contribution is 2.48. The molecule has 9 rings (SSSR count). The Labute approximate surface area is 230 Å². The van der Waals surface area contributed by atoms with Gasteiger partial charge in [0.15, 0.2) is 0 Å². The Hall–Kier alpha value is -5.34. The van der Waals surface area contributed by atoms with Gasteiger partial charge in [0.05, 0.1) is 0 Å². The number of hydrogen-bond acceptors (Lipinski definition) is 2. The van der Waals surface area contributed by atoms with Crippen LogP contribution in [0.1, 0.15) is 0 Å². The van der Waals surface area contributed by atoms with Crippen molar-refractivity contribution >= 4 is 43.5 Å². The first-order chi connectivity index (χ1) is 19.8. The third kappa shape index (κ3) is 3.05. The zero-order chi connectivity index (χ0) is 26.2. The highest BCUT2D eigenvalue weighted by atomic mass is 16.5. The van der Waals surface area contributed by atoms with Crippen LogP contribution in [0.25, 0.3) is 76.9 Å². The minimum atomic E-state index is 0.908. The molecule has 40 heavy (non-hydrogen) atoms.